The summed E-state index contributed by atoms with van der Waals surface area (Å²) in [6.45, 7) is 4.43. The SMILES string of the molecule is CCCN(C1CC1)C1(CN)CCCC1. The molecule has 2 N–H and O–H groups in total. The summed E-state index contributed by atoms with van der Waals surface area (Å²) in [6, 6.07) is 0.886. The van der Waals surface area contributed by atoms with Crippen molar-refractivity contribution >= 4 is 0 Å². The molecule has 2 saturated carbocycles. The van der Waals surface area contributed by atoms with Crippen molar-refractivity contribution in [1.29, 1.82) is 0 Å². The third-order valence-corrected chi connectivity index (χ3v) is 3.98. The molecule has 0 atom stereocenters. The van der Waals surface area contributed by atoms with Crippen LogP contribution in [-0.2, 0) is 0 Å². The maximum Gasteiger partial charge on any atom is 0.0334 e. The van der Waals surface area contributed by atoms with Crippen LogP contribution in [0.5, 0.6) is 0 Å². The normalized spacial score (nSPS) is 25.9. The van der Waals surface area contributed by atoms with Crippen LogP contribution in [-0.4, -0.2) is 29.6 Å². The minimum atomic E-state index is 0.400. The van der Waals surface area contributed by atoms with Crippen molar-refractivity contribution in [3.63, 3.8) is 0 Å². The second-order valence-electron chi connectivity index (χ2n) is 5.06. The first-order valence-corrected chi connectivity index (χ1v) is 6.29. The maximum atomic E-state index is 6.02. The molecule has 2 aliphatic rings. The van der Waals surface area contributed by atoms with Gasteiger partial charge in [-0.25, -0.2) is 0 Å². The molecule has 0 aromatic carbocycles. The summed E-state index contributed by atoms with van der Waals surface area (Å²) in [7, 11) is 0. The molecule has 2 fully saturated rings. The molecule has 0 unspecified atom stereocenters. The topological polar surface area (TPSA) is 29.3 Å². The summed E-state index contributed by atoms with van der Waals surface area (Å²) in [5.74, 6) is 0. The molecule has 0 aromatic heterocycles. The molecule has 0 heterocycles. The minimum Gasteiger partial charge on any atom is -0.329 e. The van der Waals surface area contributed by atoms with Crippen LogP contribution in [0.1, 0.15) is 51.9 Å². The zero-order valence-corrected chi connectivity index (χ0v) is 9.47. The highest BCUT2D eigenvalue weighted by atomic mass is 15.3. The van der Waals surface area contributed by atoms with Crippen LogP contribution in [0.2, 0.25) is 0 Å². The fraction of sp³-hybridized carbons (Fsp3) is 1.00. The summed E-state index contributed by atoms with van der Waals surface area (Å²) < 4.78 is 0. The average molecular weight is 196 g/mol. The van der Waals surface area contributed by atoms with E-state index in [1.807, 2.05) is 0 Å². The van der Waals surface area contributed by atoms with Crippen LogP contribution in [0.3, 0.4) is 0 Å². The van der Waals surface area contributed by atoms with Crippen LogP contribution in [0.4, 0.5) is 0 Å². The Morgan fingerprint density at radius 1 is 1.29 bits per heavy atom. The van der Waals surface area contributed by atoms with E-state index in [9.17, 15) is 0 Å². The van der Waals surface area contributed by atoms with E-state index < -0.39 is 0 Å². The lowest BCUT2D eigenvalue weighted by Gasteiger charge is -2.41. The summed E-state index contributed by atoms with van der Waals surface area (Å²) in [5.41, 5.74) is 6.42. The predicted molar refractivity (Wildman–Crippen MR) is 60.3 cm³/mol. The van der Waals surface area contributed by atoms with Gasteiger partial charge in [-0.1, -0.05) is 19.8 Å². The number of hydrogen-bond acceptors (Lipinski definition) is 2. The van der Waals surface area contributed by atoms with Crippen molar-refractivity contribution in [2.45, 2.75) is 63.5 Å². The van der Waals surface area contributed by atoms with Gasteiger partial charge in [0, 0.05) is 18.1 Å². The molecule has 2 aliphatic carbocycles. The highest BCUT2D eigenvalue weighted by molar-refractivity contribution is 5.01. The zero-order valence-electron chi connectivity index (χ0n) is 9.47. The molecular formula is C12H24N2. The van der Waals surface area contributed by atoms with Crippen molar-refractivity contribution in [3.05, 3.63) is 0 Å². The summed E-state index contributed by atoms with van der Waals surface area (Å²) in [5, 5.41) is 0. The van der Waals surface area contributed by atoms with Gasteiger partial charge in [0.15, 0.2) is 0 Å². The molecule has 0 spiro atoms. The quantitative estimate of drug-likeness (QED) is 0.730. The van der Waals surface area contributed by atoms with Crippen molar-refractivity contribution in [2.24, 2.45) is 5.73 Å². The maximum absolute atomic E-state index is 6.02. The van der Waals surface area contributed by atoms with Crippen molar-refractivity contribution < 1.29 is 0 Å². The molecule has 0 amide bonds. The van der Waals surface area contributed by atoms with Gasteiger partial charge in [-0.15, -0.1) is 0 Å². The molecule has 0 aliphatic heterocycles. The van der Waals surface area contributed by atoms with Gasteiger partial charge in [0.05, 0.1) is 0 Å². The fourth-order valence-corrected chi connectivity index (χ4v) is 3.08. The third kappa shape index (κ3) is 1.82. The van der Waals surface area contributed by atoms with E-state index in [0.29, 0.717) is 5.54 Å². The van der Waals surface area contributed by atoms with Crippen molar-refractivity contribution in [3.8, 4) is 0 Å². The van der Waals surface area contributed by atoms with Crippen LogP contribution < -0.4 is 5.73 Å². The first-order valence-electron chi connectivity index (χ1n) is 6.29. The van der Waals surface area contributed by atoms with Crippen LogP contribution >= 0.6 is 0 Å². The second kappa shape index (κ2) is 4.19. The van der Waals surface area contributed by atoms with E-state index in [4.69, 9.17) is 5.73 Å². The molecule has 0 aromatic rings. The molecule has 2 heteroatoms. The standard InChI is InChI=1S/C12H24N2/c1-2-9-14(11-5-6-11)12(10-13)7-3-4-8-12/h11H,2-10,13H2,1H3. The largest absolute Gasteiger partial charge is 0.329 e. The number of hydrogen-bond donors (Lipinski definition) is 1. The van der Waals surface area contributed by atoms with Gasteiger partial charge in [-0.3, -0.25) is 4.90 Å². The van der Waals surface area contributed by atoms with Crippen LogP contribution in [0.25, 0.3) is 0 Å². The summed E-state index contributed by atoms with van der Waals surface area (Å²) >= 11 is 0. The van der Waals surface area contributed by atoms with Gasteiger partial charge in [0.2, 0.25) is 0 Å². The van der Waals surface area contributed by atoms with E-state index in [1.54, 1.807) is 0 Å². The zero-order chi connectivity index (χ0) is 10.0. The molecule has 2 rings (SSSR count). The molecule has 0 saturated heterocycles. The highest BCUT2D eigenvalue weighted by Crippen LogP contribution is 2.41. The summed E-state index contributed by atoms with van der Waals surface area (Å²) in [6.07, 6.45) is 9.59. The lowest BCUT2D eigenvalue weighted by Crippen LogP contribution is -2.53. The Hall–Kier alpha value is -0.0800. The van der Waals surface area contributed by atoms with Gasteiger partial charge in [-0.2, -0.15) is 0 Å². The Balaban J connectivity index is 2.05. The molecule has 0 radical (unpaired) electrons. The Morgan fingerprint density at radius 3 is 2.36 bits per heavy atom. The Bertz CT molecular complexity index is 181. The van der Waals surface area contributed by atoms with E-state index >= 15 is 0 Å². The monoisotopic (exact) mass is 196 g/mol. The first-order chi connectivity index (χ1) is 6.82. The molecule has 2 nitrogen and oxygen atoms in total. The van der Waals surface area contributed by atoms with Gasteiger partial charge in [0.25, 0.3) is 0 Å². The Kier molecular flexibility index (Phi) is 3.13. The molecule has 14 heavy (non-hydrogen) atoms. The van der Waals surface area contributed by atoms with Gasteiger partial charge in [0.1, 0.15) is 0 Å². The van der Waals surface area contributed by atoms with Gasteiger partial charge >= 0.3 is 0 Å². The lowest BCUT2D eigenvalue weighted by atomic mass is 9.94. The number of nitrogens with two attached hydrogens (primary N) is 1. The van der Waals surface area contributed by atoms with Crippen LogP contribution in [0, 0.1) is 0 Å². The van der Waals surface area contributed by atoms with Gasteiger partial charge < -0.3 is 5.73 Å². The fourth-order valence-electron chi connectivity index (χ4n) is 3.08. The number of rotatable bonds is 5. The lowest BCUT2D eigenvalue weighted by molar-refractivity contribution is 0.0898. The average Bonchev–Trinajstić information content (AvgIpc) is 2.93. The first kappa shape index (κ1) is 10.4. The van der Waals surface area contributed by atoms with Crippen LogP contribution in [0.15, 0.2) is 0 Å². The Labute approximate surface area is 87.8 Å². The minimum absolute atomic E-state index is 0.400. The van der Waals surface area contributed by atoms with E-state index in [0.717, 1.165) is 12.6 Å². The summed E-state index contributed by atoms with van der Waals surface area (Å²) in [4.78, 5) is 2.75. The highest BCUT2D eigenvalue weighted by Gasteiger charge is 2.44. The predicted octanol–water partition coefficient (Wildman–Crippen LogP) is 2.13. The second-order valence-corrected chi connectivity index (χ2v) is 5.06. The van der Waals surface area contributed by atoms with E-state index in [1.165, 1.54) is 51.5 Å². The molecule has 0 bridgehead atoms. The number of nitrogens with zero attached hydrogens (tertiary/aromatic N) is 1. The van der Waals surface area contributed by atoms with Gasteiger partial charge in [-0.05, 0) is 38.6 Å². The third-order valence-electron chi connectivity index (χ3n) is 3.98. The Morgan fingerprint density at radius 2 is 1.93 bits per heavy atom. The molecular weight excluding hydrogens is 172 g/mol. The van der Waals surface area contributed by atoms with Crippen molar-refractivity contribution in [1.82, 2.24) is 4.90 Å². The van der Waals surface area contributed by atoms with E-state index in [-0.39, 0.29) is 0 Å². The van der Waals surface area contributed by atoms with Crippen molar-refractivity contribution in [2.75, 3.05) is 13.1 Å². The van der Waals surface area contributed by atoms with E-state index in [2.05, 4.69) is 11.8 Å². The molecule has 82 valence electrons. The smallest absolute Gasteiger partial charge is 0.0334 e.